The standard InChI is InChI=1S/C17H29NO4S/c1-5-22-16(19)15-14(13-9-7-6-8-10-13)11-12-18(15)23(20,21)17(2,3)4/h11,13,15H,5-10,12H2,1-4H3/t15-/m0/s1. The van der Waals surface area contributed by atoms with Gasteiger partial charge in [-0.05, 0) is 52.0 Å². The monoisotopic (exact) mass is 343 g/mol. The van der Waals surface area contributed by atoms with Crippen molar-refractivity contribution in [2.24, 2.45) is 5.92 Å². The fourth-order valence-corrected chi connectivity index (χ4v) is 4.93. The van der Waals surface area contributed by atoms with Gasteiger partial charge in [0.1, 0.15) is 6.04 Å². The molecule has 2 rings (SSSR count). The van der Waals surface area contributed by atoms with Gasteiger partial charge < -0.3 is 4.74 Å². The van der Waals surface area contributed by atoms with E-state index >= 15 is 0 Å². The van der Waals surface area contributed by atoms with Crippen molar-refractivity contribution < 1.29 is 17.9 Å². The topological polar surface area (TPSA) is 63.7 Å². The molecule has 0 aromatic heterocycles. The van der Waals surface area contributed by atoms with Crippen LogP contribution in [0, 0.1) is 5.92 Å². The summed E-state index contributed by atoms with van der Waals surface area (Å²) in [6.45, 7) is 7.29. The lowest BCUT2D eigenvalue weighted by molar-refractivity contribution is -0.146. The minimum atomic E-state index is -3.58. The minimum absolute atomic E-state index is 0.261. The summed E-state index contributed by atoms with van der Waals surface area (Å²) < 4.78 is 31.4. The van der Waals surface area contributed by atoms with Gasteiger partial charge >= 0.3 is 5.97 Å². The molecule has 5 nitrogen and oxygen atoms in total. The minimum Gasteiger partial charge on any atom is -0.465 e. The number of ether oxygens (including phenoxy) is 1. The Morgan fingerprint density at radius 3 is 2.39 bits per heavy atom. The van der Waals surface area contributed by atoms with E-state index in [0.29, 0.717) is 5.92 Å². The number of nitrogens with zero attached hydrogens (tertiary/aromatic N) is 1. The first-order valence-corrected chi connectivity index (χ1v) is 10.0. The van der Waals surface area contributed by atoms with Crippen LogP contribution in [0.3, 0.4) is 0 Å². The third-order valence-electron chi connectivity index (χ3n) is 4.78. The molecule has 0 amide bonds. The second-order valence-corrected chi connectivity index (χ2v) is 10.0. The van der Waals surface area contributed by atoms with E-state index in [4.69, 9.17) is 4.74 Å². The molecule has 6 heteroatoms. The van der Waals surface area contributed by atoms with Crippen LogP contribution < -0.4 is 0 Å². The summed E-state index contributed by atoms with van der Waals surface area (Å²) in [4.78, 5) is 12.5. The van der Waals surface area contributed by atoms with Crippen LogP contribution in [-0.4, -0.2) is 42.6 Å². The van der Waals surface area contributed by atoms with Crippen molar-refractivity contribution in [3.63, 3.8) is 0 Å². The fourth-order valence-electron chi connectivity index (χ4n) is 3.47. The van der Waals surface area contributed by atoms with Gasteiger partial charge in [-0.25, -0.2) is 13.2 Å². The zero-order valence-corrected chi connectivity index (χ0v) is 15.5. The predicted octanol–water partition coefficient (Wildman–Crippen LogP) is 2.87. The van der Waals surface area contributed by atoms with Crippen molar-refractivity contribution in [3.8, 4) is 0 Å². The number of esters is 1. The SMILES string of the molecule is CCOC(=O)[C@@H]1C(C2CCCCC2)=CCN1S(=O)(=O)C(C)(C)C. The maximum absolute atomic E-state index is 12.9. The summed E-state index contributed by atoms with van der Waals surface area (Å²) in [7, 11) is -3.58. The summed E-state index contributed by atoms with van der Waals surface area (Å²) in [5.41, 5.74) is 0.955. The summed E-state index contributed by atoms with van der Waals surface area (Å²) in [6, 6.07) is -0.776. The molecule has 23 heavy (non-hydrogen) atoms. The largest absolute Gasteiger partial charge is 0.465 e. The lowest BCUT2D eigenvalue weighted by Gasteiger charge is -2.33. The third kappa shape index (κ3) is 3.63. The highest BCUT2D eigenvalue weighted by Crippen LogP contribution is 2.38. The molecule has 0 radical (unpaired) electrons. The normalized spacial score (nSPS) is 24.5. The molecule has 0 N–H and O–H groups in total. The Bertz CT molecular complexity index is 568. The van der Waals surface area contributed by atoms with Crippen LogP contribution in [0.15, 0.2) is 11.6 Å². The summed E-state index contributed by atoms with van der Waals surface area (Å²) in [5.74, 6) is -0.132. The molecule has 1 saturated carbocycles. The fraction of sp³-hybridized carbons (Fsp3) is 0.824. The number of carbonyl (C=O) groups is 1. The van der Waals surface area contributed by atoms with E-state index in [1.165, 1.54) is 10.7 Å². The molecular formula is C17H29NO4S. The Kier molecular flexibility index (Phi) is 5.56. The van der Waals surface area contributed by atoms with Crippen molar-refractivity contribution in [1.82, 2.24) is 4.31 Å². The highest BCUT2D eigenvalue weighted by atomic mass is 32.2. The van der Waals surface area contributed by atoms with Gasteiger partial charge in [0, 0.05) is 6.54 Å². The second-order valence-electron chi connectivity index (χ2n) is 7.38. The van der Waals surface area contributed by atoms with Crippen LogP contribution in [0.1, 0.15) is 59.8 Å². The Hall–Kier alpha value is -0.880. The molecule has 0 aromatic carbocycles. The van der Waals surface area contributed by atoms with Gasteiger partial charge in [0.25, 0.3) is 0 Å². The average molecular weight is 343 g/mol. The molecular weight excluding hydrogens is 314 g/mol. The molecule has 0 bridgehead atoms. The number of hydrogen-bond donors (Lipinski definition) is 0. The number of sulfonamides is 1. The molecule has 132 valence electrons. The molecule has 1 fully saturated rings. The van der Waals surface area contributed by atoms with Gasteiger partial charge in [-0.15, -0.1) is 0 Å². The van der Waals surface area contributed by atoms with Gasteiger partial charge in [-0.2, -0.15) is 4.31 Å². The van der Waals surface area contributed by atoms with Crippen LogP contribution >= 0.6 is 0 Å². The number of carbonyl (C=O) groups excluding carboxylic acids is 1. The Balaban J connectivity index is 2.33. The first-order valence-electron chi connectivity index (χ1n) is 8.58. The van der Waals surface area contributed by atoms with E-state index < -0.39 is 26.8 Å². The maximum Gasteiger partial charge on any atom is 0.328 e. The number of hydrogen-bond acceptors (Lipinski definition) is 4. The van der Waals surface area contributed by atoms with Crippen molar-refractivity contribution in [2.75, 3.05) is 13.2 Å². The zero-order valence-electron chi connectivity index (χ0n) is 14.7. The summed E-state index contributed by atoms with van der Waals surface area (Å²) in [6.07, 6.45) is 7.52. The first-order chi connectivity index (χ1) is 10.7. The molecule has 1 aliphatic carbocycles. The first kappa shape index (κ1) is 18.5. The van der Waals surface area contributed by atoms with Crippen LogP contribution in [0.2, 0.25) is 0 Å². The number of rotatable bonds is 4. The van der Waals surface area contributed by atoms with Crippen molar-refractivity contribution >= 4 is 16.0 Å². The van der Waals surface area contributed by atoms with E-state index in [-0.39, 0.29) is 13.2 Å². The Morgan fingerprint density at radius 1 is 1.26 bits per heavy atom. The van der Waals surface area contributed by atoms with Gasteiger partial charge in [0.2, 0.25) is 10.0 Å². The van der Waals surface area contributed by atoms with Crippen LogP contribution in [-0.2, 0) is 19.6 Å². The van der Waals surface area contributed by atoms with E-state index in [9.17, 15) is 13.2 Å². The van der Waals surface area contributed by atoms with Gasteiger partial charge in [0.15, 0.2) is 0 Å². The third-order valence-corrected chi connectivity index (χ3v) is 7.30. The Labute approximate surface area is 140 Å². The van der Waals surface area contributed by atoms with Crippen molar-refractivity contribution in [1.29, 1.82) is 0 Å². The van der Waals surface area contributed by atoms with E-state index in [0.717, 1.165) is 31.3 Å². The van der Waals surface area contributed by atoms with Crippen LogP contribution in [0.4, 0.5) is 0 Å². The molecule has 0 aromatic rings. The van der Waals surface area contributed by atoms with Gasteiger partial charge in [0.05, 0.1) is 11.4 Å². The molecule has 0 unspecified atom stereocenters. The van der Waals surface area contributed by atoms with E-state index in [2.05, 4.69) is 0 Å². The van der Waals surface area contributed by atoms with Crippen LogP contribution in [0.25, 0.3) is 0 Å². The second kappa shape index (κ2) is 6.93. The van der Waals surface area contributed by atoms with Crippen molar-refractivity contribution in [2.45, 2.75) is 70.6 Å². The Morgan fingerprint density at radius 2 is 1.87 bits per heavy atom. The molecule has 0 spiro atoms. The van der Waals surface area contributed by atoms with Gasteiger partial charge in [-0.3, -0.25) is 0 Å². The lowest BCUT2D eigenvalue weighted by atomic mass is 9.81. The lowest BCUT2D eigenvalue weighted by Crippen LogP contribution is -2.50. The molecule has 2 aliphatic rings. The summed E-state index contributed by atoms with van der Waals surface area (Å²) >= 11 is 0. The van der Waals surface area contributed by atoms with Crippen LogP contribution in [0.5, 0.6) is 0 Å². The summed E-state index contributed by atoms with van der Waals surface area (Å²) in [5, 5.41) is 0. The van der Waals surface area contributed by atoms with E-state index in [1.807, 2.05) is 6.08 Å². The highest BCUT2D eigenvalue weighted by Gasteiger charge is 2.47. The average Bonchev–Trinajstić information content (AvgIpc) is 2.92. The van der Waals surface area contributed by atoms with Crippen molar-refractivity contribution in [3.05, 3.63) is 11.6 Å². The molecule has 1 atom stereocenters. The predicted molar refractivity (Wildman–Crippen MR) is 90.5 cm³/mol. The quantitative estimate of drug-likeness (QED) is 0.581. The highest BCUT2D eigenvalue weighted by molar-refractivity contribution is 7.90. The molecule has 1 heterocycles. The molecule has 1 aliphatic heterocycles. The van der Waals surface area contributed by atoms with Gasteiger partial charge in [-0.1, -0.05) is 25.3 Å². The zero-order chi connectivity index (χ0) is 17.3. The smallest absolute Gasteiger partial charge is 0.328 e. The van der Waals surface area contributed by atoms with E-state index in [1.54, 1.807) is 27.7 Å². The molecule has 0 saturated heterocycles. The maximum atomic E-state index is 12.9.